The molecule has 2 aromatic carbocycles. The zero-order valence-corrected chi connectivity index (χ0v) is 30.1. The Labute approximate surface area is 290 Å². The van der Waals surface area contributed by atoms with Gasteiger partial charge in [-0.05, 0) is 114 Å². The second-order valence-electron chi connectivity index (χ2n) is 12.0. The van der Waals surface area contributed by atoms with Gasteiger partial charge in [-0.2, -0.15) is 0 Å². The summed E-state index contributed by atoms with van der Waals surface area (Å²) in [6.07, 6.45) is 0.483. The Morgan fingerprint density at radius 2 is 1.04 bits per heavy atom. The number of hydrogen-bond acceptors (Lipinski definition) is 11. The van der Waals surface area contributed by atoms with Crippen LogP contribution in [0.3, 0.4) is 0 Å². The number of nitrogens with zero attached hydrogens (tertiary/aromatic N) is 2. The first-order valence-corrected chi connectivity index (χ1v) is 19.3. The quantitative estimate of drug-likeness (QED) is 0.182. The number of piperidine rings is 2. The monoisotopic (exact) mass is 712 g/mol. The molecule has 0 radical (unpaired) electrons. The average molecular weight is 713 g/mol. The summed E-state index contributed by atoms with van der Waals surface area (Å²) in [5, 5.41) is 0. The number of carbonyl (C=O) groups is 2. The number of sulfone groups is 2. The van der Waals surface area contributed by atoms with E-state index in [4.69, 9.17) is 14.2 Å². The van der Waals surface area contributed by atoms with E-state index in [0.717, 1.165) is 0 Å². The third-order valence-corrected chi connectivity index (χ3v) is 14.0. The van der Waals surface area contributed by atoms with E-state index < -0.39 is 41.1 Å². The fourth-order valence-corrected chi connectivity index (χ4v) is 10.2. The third-order valence-electron chi connectivity index (χ3n) is 9.16. The molecule has 0 aliphatic carbocycles. The molecule has 2 saturated heterocycles. The number of esters is 2. The molecule has 4 rings (SSSR count). The van der Waals surface area contributed by atoms with Crippen molar-refractivity contribution in [3.05, 3.63) is 48.5 Å². The molecule has 2 heterocycles. The first kappa shape index (κ1) is 37.9. The van der Waals surface area contributed by atoms with E-state index in [2.05, 4.69) is 23.7 Å². The van der Waals surface area contributed by atoms with Crippen LogP contribution >= 0.6 is 0 Å². The molecular weight excluding hydrogens is 669 g/mol. The normalized spacial score (nSPS) is 21.7. The zero-order chi connectivity index (χ0) is 35.7. The van der Waals surface area contributed by atoms with E-state index in [0.29, 0.717) is 50.5 Å². The van der Waals surface area contributed by atoms with Gasteiger partial charge in [-0.15, -0.1) is 11.8 Å². The molecule has 264 valence electrons. The van der Waals surface area contributed by atoms with Gasteiger partial charge in [0.05, 0.1) is 9.79 Å². The highest BCUT2D eigenvalue weighted by Crippen LogP contribution is 2.40. The molecule has 2 fully saturated rings. The lowest BCUT2D eigenvalue weighted by atomic mass is 9.95. The lowest BCUT2D eigenvalue weighted by Crippen LogP contribution is -2.62. The predicted molar refractivity (Wildman–Crippen MR) is 184 cm³/mol. The van der Waals surface area contributed by atoms with Gasteiger partial charge in [-0.25, -0.2) is 26.4 Å². The van der Waals surface area contributed by atoms with Crippen LogP contribution in [0, 0.1) is 23.7 Å². The van der Waals surface area contributed by atoms with Crippen molar-refractivity contribution in [3.8, 4) is 35.2 Å². The molecule has 0 saturated carbocycles. The Hall–Kier alpha value is -3.88. The summed E-state index contributed by atoms with van der Waals surface area (Å²) in [5.74, 6) is 9.20. The first-order chi connectivity index (χ1) is 23.4. The molecule has 0 spiro atoms. The molecule has 13 heteroatoms. The highest BCUT2D eigenvalue weighted by atomic mass is 32.2. The molecule has 2 unspecified atom stereocenters. The van der Waals surface area contributed by atoms with Crippen molar-refractivity contribution >= 4 is 31.6 Å². The molecule has 0 bridgehead atoms. The molecule has 2 aliphatic rings. The van der Waals surface area contributed by atoms with Gasteiger partial charge >= 0.3 is 11.9 Å². The minimum atomic E-state index is -4.46. The number of ether oxygens (including phenoxy) is 3. The Morgan fingerprint density at radius 1 is 0.673 bits per heavy atom. The van der Waals surface area contributed by atoms with E-state index >= 15 is 0 Å². The van der Waals surface area contributed by atoms with Crippen molar-refractivity contribution in [2.75, 3.05) is 52.5 Å². The number of benzene rings is 2. The van der Waals surface area contributed by atoms with Crippen LogP contribution < -0.4 is 9.47 Å². The third kappa shape index (κ3) is 7.81. The van der Waals surface area contributed by atoms with Crippen LogP contribution in [-0.4, -0.2) is 101 Å². The maximum absolute atomic E-state index is 14.4. The number of likely N-dealkylation sites (tertiary alicyclic amines) is 2. The number of carbonyl (C=O) groups excluding carboxylic acids is 2. The maximum Gasteiger partial charge on any atom is 0.336 e. The first-order valence-electron chi connectivity index (χ1n) is 16.4. The van der Waals surface area contributed by atoms with Gasteiger partial charge in [-0.1, -0.05) is 25.7 Å². The van der Waals surface area contributed by atoms with Crippen molar-refractivity contribution in [1.82, 2.24) is 9.80 Å². The highest BCUT2D eigenvalue weighted by Gasteiger charge is 2.60. The molecule has 0 aromatic heterocycles. The Balaban J connectivity index is 1.72. The predicted octanol–water partition coefficient (Wildman–Crippen LogP) is 3.52. The van der Waals surface area contributed by atoms with Crippen LogP contribution in [0.2, 0.25) is 0 Å². The summed E-state index contributed by atoms with van der Waals surface area (Å²) in [6.45, 7) is 8.88. The minimum absolute atomic E-state index is 0.104. The van der Waals surface area contributed by atoms with Crippen LogP contribution in [0.1, 0.15) is 53.4 Å². The van der Waals surface area contributed by atoms with Crippen LogP contribution in [0.4, 0.5) is 0 Å². The van der Waals surface area contributed by atoms with E-state index in [1.807, 2.05) is 23.6 Å². The number of hydrogen-bond donors (Lipinski definition) is 0. The zero-order valence-electron chi connectivity index (χ0n) is 28.5. The van der Waals surface area contributed by atoms with Gasteiger partial charge in [0.25, 0.3) is 0 Å². The second-order valence-corrected chi connectivity index (χ2v) is 16.5. The summed E-state index contributed by atoms with van der Waals surface area (Å²) in [7, 11) is -8.91. The van der Waals surface area contributed by atoms with Crippen LogP contribution in [0.15, 0.2) is 58.3 Å². The molecule has 2 aliphatic heterocycles. The minimum Gasteiger partial charge on any atom is -0.481 e. The summed E-state index contributed by atoms with van der Waals surface area (Å²) >= 11 is 0. The molecular formula is C36H44N2O9S2. The standard InChI is InChI=1S/C36H44N2O9S2/c1-5-9-25-45-29-13-17-31(18-14-29)48(41,42)35(21-11-23-37(7-3)27-35)33(39)47-34(40)36(22-12-24-38(8-4)28-36)49(43,44)32-19-15-30(16-20-32)46-26-10-6-2/h13-20H,7-8,11-12,21-28H2,1-4H3. The fraction of sp³-hybridized carbons (Fsp3) is 0.500. The highest BCUT2D eigenvalue weighted by molar-refractivity contribution is 7.94. The Bertz CT molecular complexity index is 1700. The molecule has 0 amide bonds. The van der Waals surface area contributed by atoms with E-state index in [1.54, 1.807) is 13.8 Å². The SMILES string of the molecule is CC#CCOc1ccc(S(=O)(=O)C2(C(=O)OC(=O)C3(S(=O)(=O)c4ccc(OCC#CC)cc4)CCCN(CC)C3)CCCN(CC)C2)cc1. The Morgan fingerprint density at radius 3 is 1.37 bits per heavy atom. The molecule has 2 aromatic rings. The van der Waals surface area contributed by atoms with Gasteiger partial charge in [0, 0.05) is 13.1 Å². The smallest absolute Gasteiger partial charge is 0.336 e. The van der Waals surface area contributed by atoms with Crippen LogP contribution in [-0.2, 0) is 34.0 Å². The second kappa shape index (κ2) is 16.2. The van der Waals surface area contributed by atoms with Crippen molar-refractivity contribution in [2.45, 2.75) is 72.7 Å². The van der Waals surface area contributed by atoms with Gasteiger partial charge in [-0.3, -0.25) is 0 Å². The van der Waals surface area contributed by atoms with E-state index in [9.17, 15) is 26.4 Å². The molecule has 2 atom stereocenters. The largest absolute Gasteiger partial charge is 0.481 e. The number of rotatable bonds is 12. The summed E-state index contributed by atoms with van der Waals surface area (Å²) < 4.78 is 70.0. The average Bonchev–Trinajstić information content (AvgIpc) is 3.12. The van der Waals surface area contributed by atoms with Crippen LogP contribution in [0.25, 0.3) is 0 Å². The lowest BCUT2D eigenvalue weighted by molar-refractivity contribution is -0.165. The van der Waals surface area contributed by atoms with Gasteiger partial charge in [0.15, 0.2) is 29.2 Å². The van der Waals surface area contributed by atoms with Crippen molar-refractivity contribution in [3.63, 3.8) is 0 Å². The van der Waals surface area contributed by atoms with E-state index in [1.165, 1.54) is 48.5 Å². The fourth-order valence-electron chi connectivity index (χ4n) is 6.28. The topological polar surface area (TPSA) is 137 Å². The Kier molecular flexibility index (Phi) is 12.6. The van der Waals surface area contributed by atoms with Gasteiger partial charge in [0.2, 0.25) is 0 Å². The maximum atomic E-state index is 14.4. The lowest BCUT2D eigenvalue weighted by Gasteiger charge is -2.42. The van der Waals surface area contributed by atoms with Crippen molar-refractivity contribution < 1.29 is 40.6 Å². The summed E-state index contributed by atoms with van der Waals surface area (Å²) in [6, 6.07) is 11.3. The molecule has 49 heavy (non-hydrogen) atoms. The van der Waals surface area contributed by atoms with Gasteiger partial charge in [0.1, 0.15) is 24.7 Å². The van der Waals surface area contributed by atoms with Crippen molar-refractivity contribution in [2.24, 2.45) is 0 Å². The summed E-state index contributed by atoms with van der Waals surface area (Å²) in [4.78, 5) is 31.9. The van der Waals surface area contributed by atoms with Gasteiger partial charge < -0.3 is 24.0 Å². The van der Waals surface area contributed by atoms with Crippen LogP contribution in [0.5, 0.6) is 11.5 Å². The molecule has 0 N–H and O–H groups in total. The molecule has 11 nitrogen and oxygen atoms in total. The van der Waals surface area contributed by atoms with E-state index in [-0.39, 0.29) is 48.9 Å². The summed E-state index contributed by atoms with van der Waals surface area (Å²) in [5.41, 5.74) is 0. The van der Waals surface area contributed by atoms with Crippen molar-refractivity contribution in [1.29, 1.82) is 0 Å².